The minimum atomic E-state index is -0.466. The van der Waals surface area contributed by atoms with Gasteiger partial charge >= 0.3 is 0 Å². The van der Waals surface area contributed by atoms with E-state index in [1.807, 2.05) is 68.4 Å². The largest absolute Gasteiger partial charge is 0.497 e. The number of ketones is 1. The second-order valence-corrected chi connectivity index (χ2v) is 6.61. The average Bonchev–Trinajstić information content (AvgIpc) is 2.92. The van der Waals surface area contributed by atoms with Crippen LogP contribution in [0.4, 0.5) is 5.69 Å². The number of para-hydroxylation sites is 1. The molecule has 1 aliphatic rings. The first-order valence-corrected chi connectivity index (χ1v) is 8.33. The number of carbonyl (C=O) groups is 1. The first kappa shape index (κ1) is 16.4. The maximum absolute atomic E-state index is 13.1. The summed E-state index contributed by atoms with van der Waals surface area (Å²) in [5.41, 5.74) is 2.37. The molecule has 0 radical (unpaired) electrons. The molecule has 0 aliphatic heterocycles. The summed E-state index contributed by atoms with van der Waals surface area (Å²) in [5, 5.41) is 0. The van der Waals surface area contributed by atoms with Crippen molar-refractivity contribution in [3.63, 3.8) is 0 Å². The Hall–Kier alpha value is -2.42. The van der Waals surface area contributed by atoms with E-state index in [-0.39, 0.29) is 11.7 Å². The molecule has 0 amide bonds. The average molecular weight is 321 g/mol. The van der Waals surface area contributed by atoms with Crippen molar-refractivity contribution >= 4 is 17.2 Å². The summed E-state index contributed by atoms with van der Waals surface area (Å²) in [6, 6.07) is 17.7. The highest BCUT2D eigenvalue weighted by Crippen LogP contribution is 2.42. The molecule has 0 heterocycles. The Morgan fingerprint density at radius 3 is 2.62 bits per heavy atom. The van der Waals surface area contributed by atoms with Gasteiger partial charge in [-0.3, -0.25) is 9.79 Å². The smallest absolute Gasteiger partial charge is 0.151 e. The third-order valence-electron chi connectivity index (χ3n) is 5.07. The highest BCUT2D eigenvalue weighted by molar-refractivity contribution is 6.10. The normalized spacial score (nSPS) is 24.2. The van der Waals surface area contributed by atoms with Crippen LogP contribution in [0.1, 0.15) is 32.3 Å². The zero-order valence-corrected chi connectivity index (χ0v) is 14.5. The molecular weight excluding hydrogens is 298 g/mol. The molecule has 0 aromatic heterocycles. The Kier molecular flexibility index (Phi) is 4.52. The highest BCUT2D eigenvalue weighted by Gasteiger charge is 2.46. The van der Waals surface area contributed by atoms with Gasteiger partial charge in [-0.1, -0.05) is 30.3 Å². The minimum Gasteiger partial charge on any atom is -0.497 e. The van der Waals surface area contributed by atoms with Gasteiger partial charge in [0.15, 0.2) is 5.78 Å². The molecule has 1 fully saturated rings. The van der Waals surface area contributed by atoms with Crippen LogP contribution >= 0.6 is 0 Å². The summed E-state index contributed by atoms with van der Waals surface area (Å²) < 4.78 is 5.31. The van der Waals surface area contributed by atoms with Crippen molar-refractivity contribution in [1.29, 1.82) is 0 Å². The van der Waals surface area contributed by atoms with Crippen LogP contribution in [0.25, 0.3) is 0 Å². The number of Topliss-reactive ketones (excluding diaryl/α,β-unsaturated/α-hetero) is 1. The Balaban J connectivity index is 1.87. The maximum atomic E-state index is 13.1. The van der Waals surface area contributed by atoms with Crippen LogP contribution in [-0.2, 0) is 10.2 Å². The van der Waals surface area contributed by atoms with Crippen LogP contribution in [0, 0.1) is 5.92 Å². The summed E-state index contributed by atoms with van der Waals surface area (Å²) >= 11 is 0. The molecule has 2 unspecified atom stereocenters. The van der Waals surface area contributed by atoms with Gasteiger partial charge in [-0.15, -0.1) is 0 Å². The number of nitrogens with zero attached hydrogens (tertiary/aromatic N) is 1. The van der Waals surface area contributed by atoms with Crippen molar-refractivity contribution in [2.45, 2.75) is 32.1 Å². The van der Waals surface area contributed by atoms with Crippen LogP contribution < -0.4 is 4.74 Å². The molecule has 1 aliphatic carbocycles. The van der Waals surface area contributed by atoms with E-state index in [2.05, 4.69) is 4.99 Å². The van der Waals surface area contributed by atoms with Crippen molar-refractivity contribution in [2.75, 3.05) is 7.11 Å². The topological polar surface area (TPSA) is 38.7 Å². The number of hydrogen-bond acceptors (Lipinski definition) is 3. The van der Waals surface area contributed by atoms with Crippen LogP contribution in [-0.4, -0.2) is 18.6 Å². The fourth-order valence-corrected chi connectivity index (χ4v) is 3.51. The van der Waals surface area contributed by atoms with E-state index < -0.39 is 5.41 Å². The van der Waals surface area contributed by atoms with Gasteiger partial charge in [-0.05, 0) is 56.5 Å². The Bertz CT molecular complexity index is 766. The summed E-state index contributed by atoms with van der Waals surface area (Å²) in [4.78, 5) is 17.8. The van der Waals surface area contributed by atoms with Crippen molar-refractivity contribution in [3.05, 3.63) is 60.2 Å². The van der Waals surface area contributed by atoms with E-state index in [9.17, 15) is 4.79 Å². The molecule has 0 bridgehead atoms. The van der Waals surface area contributed by atoms with Crippen LogP contribution in [0.5, 0.6) is 5.75 Å². The van der Waals surface area contributed by atoms with Crippen LogP contribution in [0.2, 0.25) is 0 Å². The predicted octanol–water partition coefficient (Wildman–Crippen LogP) is 4.72. The molecule has 2 aromatic rings. The number of carbonyl (C=O) groups excluding carboxylic acids is 1. The van der Waals surface area contributed by atoms with E-state index in [4.69, 9.17) is 4.74 Å². The molecule has 0 spiro atoms. The fourth-order valence-electron chi connectivity index (χ4n) is 3.51. The Morgan fingerprint density at radius 2 is 1.92 bits per heavy atom. The van der Waals surface area contributed by atoms with E-state index in [1.165, 1.54) is 0 Å². The van der Waals surface area contributed by atoms with Crippen LogP contribution in [0.15, 0.2) is 59.6 Å². The minimum absolute atomic E-state index is 0.110. The zero-order valence-electron chi connectivity index (χ0n) is 14.5. The molecule has 24 heavy (non-hydrogen) atoms. The standard InChI is InChI=1S/C21H23NO2/c1-15(22-17-9-5-4-6-10-17)19-12-13-21(2,20(19)23)16-8-7-11-18(14-16)24-3/h4-11,14,19H,12-13H2,1-3H3. The number of rotatable bonds is 4. The maximum Gasteiger partial charge on any atom is 0.151 e. The molecule has 3 nitrogen and oxygen atoms in total. The van der Waals surface area contributed by atoms with E-state index in [1.54, 1.807) is 7.11 Å². The van der Waals surface area contributed by atoms with Crippen molar-refractivity contribution in [1.82, 2.24) is 0 Å². The van der Waals surface area contributed by atoms with Gasteiger partial charge in [-0.25, -0.2) is 0 Å². The zero-order chi connectivity index (χ0) is 17.2. The highest BCUT2D eigenvalue weighted by atomic mass is 16.5. The molecule has 124 valence electrons. The fraction of sp³-hybridized carbons (Fsp3) is 0.333. The summed E-state index contributed by atoms with van der Waals surface area (Å²) in [7, 11) is 1.65. The number of methoxy groups -OCH3 is 1. The first-order valence-electron chi connectivity index (χ1n) is 8.33. The van der Waals surface area contributed by atoms with Gasteiger partial charge in [-0.2, -0.15) is 0 Å². The quantitative estimate of drug-likeness (QED) is 0.764. The van der Waals surface area contributed by atoms with E-state index in [0.717, 1.165) is 35.6 Å². The summed E-state index contributed by atoms with van der Waals surface area (Å²) in [6.07, 6.45) is 1.68. The SMILES string of the molecule is COc1cccc(C2(C)CCC(C(C)=Nc3ccccc3)C2=O)c1. The van der Waals surface area contributed by atoms with E-state index in [0.29, 0.717) is 0 Å². The van der Waals surface area contributed by atoms with Crippen molar-refractivity contribution < 1.29 is 9.53 Å². The summed E-state index contributed by atoms with van der Waals surface area (Å²) in [6.45, 7) is 4.01. The van der Waals surface area contributed by atoms with Gasteiger partial charge in [0.1, 0.15) is 5.75 Å². The molecule has 2 aromatic carbocycles. The lowest BCUT2D eigenvalue weighted by Crippen LogP contribution is -2.32. The number of ether oxygens (including phenoxy) is 1. The second kappa shape index (κ2) is 6.60. The van der Waals surface area contributed by atoms with Gasteiger partial charge < -0.3 is 4.74 Å². The third-order valence-corrected chi connectivity index (χ3v) is 5.07. The third kappa shape index (κ3) is 2.99. The molecule has 2 atom stereocenters. The second-order valence-electron chi connectivity index (χ2n) is 6.61. The Labute approximate surface area is 143 Å². The molecule has 0 N–H and O–H groups in total. The number of aliphatic imine (C=N–C) groups is 1. The predicted molar refractivity (Wildman–Crippen MR) is 97.3 cm³/mol. The van der Waals surface area contributed by atoms with Gasteiger partial charge in [0.2, 0.25) is 0 Å². The van der Waals surface area contributed by atoms with Gasteiger partial charge in [0, 0.05) is 5.71 Å². The lowest BCUT2D eigenvalue weighted by Gasteiger charge is -2.24. The van der Waals surface area contributed by atoms with Crippen molar-refractivity contribution in [3.8, 4) is 5.75 Å². The molecule has 3 rings (SSSR count). The summed E-state index contributed by atoms with van der Waals surface area (Å²) in [5.74, 6) is 0.939. The first-order chi connectivity index (χ1) is 11.5. The van der Waals surface area contributed by atoms with Crippen LogP contribution in [0.3, 0.4) is 0 Å². The van der Waals surface area contributed by atoms with Crippen molar-refractivity contribution in [2.24, 2.45) is 10.9 Å². The van der Waals surface area contributed by atoms with Gasteiger partial charge in [0.25, 0.3) is 0 Å². The lowest BCUT2D eigenvalue weighted by molar-refractivity contribution is -0.123. The molecular formula is C21H23NO2. The number of hydrogen-bond donors (Lipinski definition) is 0. The Morgan fingerprint density at radius 1 is 1.17 bits per heavy atom. The lowest BCUT2D eigenvalue weighted by atomic mass is 9.78. The molecule has 1 saturated carbocycles. The van der Waals surface area contributed by atoms with Gasteiger partial charge in [0.05, 0.1) is 24.1 Å². The molecule has 3 heteroatoms. The van der Waals surface area contributed by atoms with E-state index >= 15 is 0 Å². The number of benzene rings is 2. The monoisotopic (exact) mass is 321 g/mol. The molecule has 0 saturated heterocycles.